The number of rotatable bonds is 6. The monoisotopic (exact) mass is 312 g/mol. The van der Waals surface area contributed by atoms with Gasteiger partial charge in [-0.2, -0.15) is 5.10 Å². The van der Waals surface area contributed by atoms with Gasteiger partial charge in [0.15, 0.2) is 0 Å². The fourth-order valence-corrected chi connectivity index (χ4v) is 2.47. The first kappa shape index (κ1) is 16.0. The smallest absolute Gasteiger partial charge is 0.287 e. The molecule has 21 heavy (non-hydrogen) atoms. The number of aromatic nitrogens is 2. The minimum Gasteiger partial charge on any atom is -0.380 e. The van der Waals surface area contributed by atoms with Crippen molar-refractivity contribution in [2.75, 3.05) is 38.1 Å². The first-order chi connectivity index (χ1) is 10.2. The molecule has 0 aliphatic carbocycles. The third-order valence-corrected chi connectivity index (χ3v) is 3.84. The summed E-state index contributed by atoms with van der Waals surface area (Å²) in [7, 11) is 0. The highest BCUT2D eigenvalue weighted by Gasteiger charge is 2.19. The maximum Gasteiger partial charge on any atom is 0.287 e. The second-order valence-corrected chi connectivity index (χ2v) is 5.29. The summed E-state index contributed by atoms with van der Waals surface area (Å²) in [6.07, 6.45) is 3.26. The third-order valence-electron chi connectivity index (χ3n) is 3.48. The van der Waals surface area contributed by atoms with Gasteiger partial charge in [0.1, 0.15) is 5.02 Å². The largest absolute Gasteiger partial charge is 0.380 e. The lowest BCUT2D eigenvalue weighted by molar-refractivity contribution is -0.0191. The molecule has 0 aromatic carbocycles. The minimum absolute atomic E-state index is 0.0883. The van der Waals surface area contributed by atoms with Crippen molar-refractivity contribution in [2.45, 2.75) is 19.6 Å². The van der Waals surface area contributed by atoms with Crippen LogP contribution in [0.15, 0.2) is 23.6 Å². The first-order valence-electron chi connectivity index (χ1n) is 7.10. The number of hydrogen-bond acceptors (Lipinski definition) is 5. The molecule has 7 heteroatoms. The quantitative estimate of drug-likeness (QED) is 0.800. The number of nitrogens with one attached hydrogen (secondary N) is 1. The van der Waals surface area contributed by atoms with Crippen molar-refractivity contribution in [3.63, 3.8) is 0 Å². The van der Waals surface area contributed by atoms with Crippen LogP contribution in [-0.2, 0) is 11.3 Å². The van der Waals surface area contributed by atoms with E-state index in [9.17, 15) is 4.79 Å². The van der Waals surface area contributed by atoms with Crippen LogP contribution in [0.1, 0.15) is 6.92 Å². The molecule has 2 heterocycles. The van der Waals surface area contributed by atoms with Crippen LogP contribution in [0.5, 0.6) is 0 Å². The van der Waals surface area contributed by atoms with Gasteiger partial charge >= 0.3 is 0 Å². The summed E-state index contributed by atoms with van der Waals surface area (Å²) in [6, 6.07) is 0. The Morgan fingerprint density at radius 2 is 2.48 bits per heavy atom. The van der Waals surface area contributed by atoms with E-state index in [-0.39, 0.29) is 16.7 Å². The maximum absolute atomic E-state index is 12.0. The second-order valence-electron chi connectivity index (χ2n) is 4.92. The minimum atomic E-state index is -0.318. The lowest BCUT2D eigenvalue weighted by Gasteiger charge is -2.32. The topological polar surface area (TPSA) is 59.4 Å². The summed E-state index contributed by atoms with van der Waals surface area (Å²) in [5.74, 6) is 0. The molecule has 0 spiro atoms. The molecule has 1 aromatic heterocycles. The van der Waals surface area contributed by atoms with E-state index in [1.54, 1.807) is 12.3 Å². The molecule has 1 aliphatic rings. The maximum atomic E-state index is 12.0. The van der Waals surface area contributed by atoms with Crippen LogP contribution in [0.25, 0.3) is 0 Å². The molecule has 0 bridgehead atoms. The van der Waals surface area contributed by atoms with E-state index in [1.807, 2.05) is 0 Å². The van der Waals surface area contributed by atoms with Gasteiger partial charge in [0, 0.05) is 19.6 Å². The molecule has 1 aromatic rings. The van der Waals surface area contributed by atoms with Gasteiger partial charge in [0.25, 0.3) is 5.56 Å². The van der Waals surface area contributed by atoms with Gasteiger partial charge in [-0.25, -0.2) is 4.68 Å². The van der Waals surface area contributed by atoms with E-state index in [0.29, 0.717) is 18.8 Å². The highest BCUT2D eigenvalue weighted by atomic mass is 35.5. The van der Waals surface area contributed by atoms with E-state index < -0.39 is 0 Å². The molecule has 1 saturated heterocycles. The summed E-state index contributed by atoms with van der Waals surface area (Å²) in [5, 5.41) is 7.36. The Morgan fingerprint density at radius 3 is 3.19 bits per heavy atom. The van der Waals surface area contributed by atoms with E-state index >= 15 is 0 Å². The van der Waals surface area contributed by atoms with Crippen molar-refractivity contribution >= 4 is 17.3 Å². The predicted molar refractivity (Wildman–Crippen MR) is 84.0 cm³/mol. The van der Waals surface area contributed by atoms with Crippen LogP contribution in [0.2, 0.25) is 5.02 Å². The predicted octanol–water partition coefficient (Wildman–Crippen LogP) is 1.22. The molecular formula is C14H21ClN4O2. The van der Waals surface area contributed by atoms with Crippen molar-refractivity contribution in [3.8, 4) is 0 Å². The van der Waals surface area contributed by atoms with Crippen LogP contribution in [0.4, 0.5) is 5.69 Å². The number of ether oxygens (including phenoxy) is 1. The van der Waals surface area contributed by atoms with Crippen LogP contribution in [0, 0.1) is 0 Å². The summed E-state index contributed by atoms with van der Waals surface area (Å²) in [4.78, 5) is 14.3. The van der Waals surface area contributed by atoms with Gasteiger partial charge in [0.05, 0.1) is 31.1 Å². The zero-order chi connectivity index (χ0) is 15.2. The number of likely N-dealkylation sites (N-methyl/N-ethyl adjacent to an activating group) is 1. The van der Waals surface area contributed by atoms with Crippen molar-refractivity contribution < 1.29 is 4.74 Å². The molecule has 1 aliphatic heterocycles. The normalized spacial score (nSPS) is 19.4. The van der Waals surface area contributed by atoms with E-state index in [4.69, 9.17) is 16.3 Å². The SMILES string of the molecule is C=CCn1ncc(NCC2CN(CC)CCO2)c(Cl)c1=O. The van der Waals surface area contributed by atoms with Crippen LogP contribution in [0.3, 0.4) is 0 Å². The summed E-state index contributed by atoms with van der Waals surface area (Å²) in [6.45, 7) is 10.2. The van der Waals surface area contributed by atoms with Crippen molar-refractivity contribution in [1.82, 2.24) is 14.7 Å². The van der Waals surface area contributed by atoms with Crippen molar-refractivity contribution in [3.05, 3.63) is 34.2 Å². The summed E-state index contributed by atoms with van der Waals surface area (Å²) < 4.78 is 6.97. The lowest BCUT2D eigenvalue weighted by atomic mass is 10.2. The van der Waals surface area contributed by atoms with Gasteiger partial charge < -0.3 is 10.1 Å². The highest BCUT2D eigenvalue weighted by Crippen LogP contribution is 2.16. The Kier molecular flexibility index (Phi) is 5.78. The molecule has 1 fully saturated rings. The number of anilines is 1. The Hall–Kier alpha value is -1.37. The van der Waals surface area contributed by atoms with Crippen LogP contribution in [-0.4, -0.2) is 53.6 Å². The Bertz CT molecular complexity index is 546. The summed E-state index contributed by atoms with van der Waals surface area (Å²) in [5.41, 5.74) is 0.223. The van der Waals surface area contributed by atoms with Crippen molar-refractivity contribution in [2.24, 2.45) is 0 Å². The molecule has 0 amide bonds. The Labute approximate surface area is 129 Å². The van der Waals surface area contributed by atoms with Crippen LogP contribution >= 0.6 is 11.6 Å². The Balaban J connectivity index is 1.98. The average Bonchev–Trinajstić information content (AvgIpc) is 2.51. The summed E-state index contributed by atoms with van der Waals surface area (Å²) >= 11 is 6.09. The third kappa shape index (κ3) is 4.06. The molecule has 1 unspecified atom stereocenters. The number of allylic oxidation sites excluding steroid dienone is 1. The zero-order valence-corrected chi connectivity index (χ0v) is 13.0. The number of nitrogens with zero attached hydrogens (tertiary/aromatic N) is 3. The molecule has 1 N–H and O–H groups in total. The molecule has 1 atom stereocenters. The van der Waals surface area contributed by atoms with Gasteiger partial charge in [-0.05, 0) is 6.54 Å². The molecule has 6 nitrogen and oxygen atoms in total. The second kappa shape index (κ2) is 7.59. The molecule has 116 valence electrons. The van der Waals surface area contributed by atoms with Crippen LogP contribution < -0.4 is 10.9 Å². The number of hydrogen-bond donors (Lipinski definition) is 1. The number of halogens is 1. The standard InChI is InChI=1S/C14H21ClN4O2/c1-3-5-19-14(20)13(15)12(9-17-19)16-8-11-10-18(4-2)6-7-21-11/h3,9,11,16H,1,4-8,10H2,2H3. The van der Waals surface area contributed by atoms with Gasteiger partial charge in [-0.3, -0.25) is 9.69 Å². The molecular weight excluding hydrogens is 292 g/mol. The van der Waals surface area contributed by atoms with Gasteiger partial charge in [0.2, 0.25) is 0 Å². The molecule has 0 saturated carbocycles. The highest BCUT2D eigenvalue weighted by molar-refractivity contribution is 6.32. The van der Waals surface area contributed by atoms with Crippen molar-refractivity contribution in [1.29, 1.82) is 0 Å². The van der Waals surface area contributed by atoms with E-state index in [0.717, 1.165) is 26.2 Å². The first-order valence-corrected chi connectivity index (χ1v) is 7.47. The van der Waals surface area contributed by atoms with E-state index in [2.05, 4.69) is 28.8 Å². The molecule has 2 rings (SSSR count). The Morgan fingerprint density at radius 1 is 1.67 bits per heavy atom. The molecule has 0 radical (unpaired) electrons. The lowest BCUT2D eigenvalue weighted by Crippen LogP contribution is -2.45. The average molecular weight is 313 g/mol. The number of morpholine rings is 1. The fourth-order valence-electron chi connectivity index (χ4n) is 2.26. The van der Waals surface area contributed by atoms with Gasteiger partial charge in [-0.1, -0.05) is 24.6 Å². The van der Waals surface area contributed by atoms with E-state index in [1.165, 1.54) is 4.68 Å². The zero-order valence-electron chi connectivity index (χ0n) is 12.2. The fraction of sp³-hybridized carbons (Fsp3) is 0.571. The van der Waals surface area contributed by atoms with Gasteiger partial charge in [-0.15, -0.1) is 6.58 Å².